The fourth-order valence-electron chi connectivity index (χ4n) is 2.65. The molecule has 0 N–H and O–H groups in total. The summed E-state index contributed by atoms with van der Waals surface area (Å²) in [4.78, 5) is 0. The second-order valence-electron chi connectivity index (χ2n) is 4.64. The lowest BCUT2D eigenvalue weighted by molar-refractivity contribution is 0.634. The maximum absolute atomic E-state index is 9.15. The van der Waals surface area contributed by atoms with Crippen molar-refractivity contribution in [3.05, 3.63) is 35.9 Å². The Morgan fingerprint density at radius 3 is 1.74 bits per heavy atom. The van der Waals surface area contributed by atoms with Crippen molar-refractivity contribution in [2.45, 2.75) is 12.8 Å². The maximum Gasteiger partial charge on any atom is 0.181 e. The van der Waals surface area contributed by atoms with Crippen molar-refractivity contribution in [2.75, 3.05) is 0 Å². The van der Waals surface area contributed by atoms with Crippen molar-refractivity contribution in [1.29, 1.82) is 21.0 Å². The third-order valence-electron chi connectivity index (χ3n) is 3.85. The Morgan fingerprint density at radius 1 is 0.842 bits per heavy atom. The molecule has 0 radical (unpaired) electrons. The van der Waals surface area contributed by atoms with Crippen LogP contribution < -0.4 is 0 Å². The van der Waals surface area contributed by atoms with Crippen LogP contribution in [0.3, 0.4) is 0 Å². The van der Waals surface area contributed by atoms with Crippen molar-refractivity contribution < 1.29 is 0 Å². The first-order chi connectivity index (χ1) is 9.20. The van der Waals surface area contributed by atoms with Gasteiger partial charge in [0.25, 0.3) is 0 Å². The van der Waals surface area contributed by atoms with E-state index in [1.807, 2.05) is 54.6 Å². The Morgan fingerprint density at radius 2 is 1.32 bits per heavy atom. The molecule has 0 spiro atoms. The number of hydrogen-bond acceptors (Lipinski definition) is 4. The monoisotopic (exact) mass is 246 g/mol. The minimum atomic E-state index is -1.47. The van der Waals surface area contributed by atoms with Crippen molar-refractivity contribution in [3.63, 3.8) is 0 Å². The van der Waals surface area contributed by atoms with Gasteiger partial charge in [-0.3, -0.25) is 0 Å². The molecule has 0 heterocycles. The van der Waals surface area contributed by atoms with Crippen LogP contribution in [0.4, 0.5) is 0 Å². The summed E-state index contributed by atoms with van der Waals surface area (Å²) in [7, 11) is 0. The topological polar surface area (TPSA) is 95.2 Å². The highest BCUT2D eigenvalue weighted by Crippen LogP contribution is 2.69. The summed E-state index contributed by atoms with van der Waals surface area (Å²) in [5.74, 6) is -0.495. The van der Waals surface area contributed by atoms with Crippen LogP contribution in [0.2, 0.25) is 0 Å². The van der Waals surface area contributed by atoms with E-state index < -0.39 is 16.7 Å². The second kappa shape index (κ2) is 4.45. The van der Waals surface area contributed by atoms with E-state index >= 15 is 0 Å². The highest BCUT2D eigenvalue weighted by atomic mass is 14.8. The Kier molecular flexibility index (Phi) is 2.96. The minimum absolute atomic E-state index is 0.492. The lowest BCUT2D eigenvalue weighted by atomic mass is 9.98. The molecule has 0 atom stereocenters. The fraction of sp³-hybridized carbons (Fsp3) is 0.333. The standard InChI is InChI=1S/C15H10N4/c16-8-14(9-17)13(15(14,10-18)11-19)7-6-12-4-2-1-3-5-12/h1-5,13H,6-7H2. The van der Waals surface area contributed by atoms with Gasteiger partial charge in [0.05, 0.1) is 24.3 Å². The summed E-state index contributed by atoms with van der Waals surface area (Å²) in [6.45, 7) is 0. The first-order valence-electron chi connectivity index (χ1n) is 5.89. The Hall–Kier alpha value is -2.82. The molecule has 1 aromatic rings. The third kappa shape index (κ3) is 1.55. The zero-order valence-electron chi connectivity index (χ0n) is 10.2. The molecule has 0 aliphatic heterocycles. The molecular weight excluding hydrogens is 236 g/mol. The molecule has 1 aliphatic carbocycles. The maximum atomic E-state index is 9.15. The van der Waals surface area contributed by atoms with Crippen LogP contribution in [0.1, 0.15) is 12.0 Å². The van der Waals surface area contributed by atoms with Gasteiger partial charge in [0, 0.05) is 5.92 Å². The largest absolute Gasteiger partial charge is 0.196 e. The van der Waals surface area contributed by atoms with Crippen molar-refractivity contribution in [1.82, 2.24) is 0 Å². The molecule has 0 bridgehead atoms. The zero-order chi connectivity index (χ0) is 13.9. The van der Waals surface area contributed by atoms with E-state index in [4.69, 9.17) is 21.0 Å². The van der Waals surface area contributed by atoms with Gasteiger partial charge in [-0.1, -0.05) is 30.3 Å². The number of hydrogen-bond donors (Lipinski definition) is 0. The predicted octanol–water partition coefficient (Wildman–Crippen LogP) is 2.32. The van der Waals surface area contributed by atoms with E-state index in [1.54, 1.807) is 0 Å². The molecular formula is C15H10N4. The van der Waals surface area contributed by atoms with Gasteiger partial charge >= 0.3 is 0 Å². The molecule has 2 rings (SSSR count). The normalized spacial score (nSPS) is 18.3. The number of nitriles is 4. The SMILES string of the molecule is N#CC1(C#N)C(CCc2ccccc2)C1(C#N)C#N. The molecule has 0 unspecified atom stereocenters. The quantitative estimate of drug-likeness (QED) is 0.817. The molecule has 90 valence electrons. The van der Waals surface area contributed by atoms with Crippen LogP contribution in [0.15, 0.2) is 30.3 Å². The highest BCUT2D eigenvalue weighted by Gasteiger charge is 2.80. The Labute approximate surface area is 111 Å². The summed E-state index contributed by atoms with van der Waals surface area (Å²) >= 11 is 0. The smallest absolute Gasteiger partial charge is 0.181 e. The molecule has 1 fully saturated rings. The molecule has 1 aromatic carbocycles. The van der Waals surface area contributed by atoms with Gasteiger partial charge in [0.15, 0.2) is 10.8 Å². The van der Waals surface area contributed by atoms with E-state index in [9.17, 15) is 0 Å². The van der Waals surface area contributed by atoms with E-state index in [0.29, 0.717) is 12.8 Å². The summed E-state index contributed by atoms with van der Waals surface area (Å²) in [5, 5.41) is 36.6. The number of aryl methyl sites for hydroxylation is 1. The average Bonchev–Trinajstić information content (AvgIpc) is 3.07. The predicted molar refractivity (Wildman–Crippen MR) is 65.6 cm³/mol. The summed E-state index contributed by atoms with van der Waals surface area (Å²) in [6, 6.07) is 17.1. The minimum Gasteiger partial charge on any atom is -0.196 e. The third-order valence-corrected chi connectivity index (χ3v) is 3.85. The molecule has 4 heteroatoms. The van der Waals surface area contributed by atoms with Crippen LogP contribution in [-0.4, -0.2) is 0 Å². The van der Waals surface area contributed by atoms with E-state index in [0.717, 1.165) is 5.56 Å². The van der Waals surface area contributed by atoms with Crippen molar-refractivity contribution in [2.24, 2.45) is 16.7 Å². The Balaban J connectivity index is 2.19. The lowest BCUT2D eigenvalue weighted by Gasteiger charge is -2.00. The average molecular weight is 246 g/mol. The van der Waals surface area contributed by atoms with Crippen LogP contribution in [-0.2, 0) is 6.42 Å². The summed E-state index contributed by atoms with van der Waals surface area (Å²) in [6.07, 6.45) is 1.15. The zero-order valence-corrected chi connectivity index (χ0v) is 10.2. The molecule has 0 amide bonds. The van der Waals surface area contributed by atoms with Crippen molar-refractivity contribution >= 4 is 0 Å². The summed E-state index contributed by atoms with van der Waals surface area (Å²) < 4.78 is 0. The van der Waals surface area contributed by atoms with Crippen molar-refractivity contribution in [3.8, 4) is 24.3 Å². The molecule has 1 aliphatic rings. The van der Waals surface area contributed by atoms with Gasteiger partial charge in [-0.2, -0.15) is 21.0 Å². The number of nitrogens with zero attached hydrogens (tertiary/aromatic N) is 4. The van der Waals surface area contributed by atoms with Gasteiger partial charge in [0.1, 0.15) is 0 Å². The molecule has 4 nitrogen and oxygen atoms in total. The van der Waals surface area contributed by atoms with E-state index in [-0.39, 0.29) is 0 Å². The molecule has 19 heavy (non-hydrogen) atoms. The molecule has 0 aromatic heterocycles. The molecule has 0 saturated heterocycles. The van der Waals surface area contributed by atoms with Crippen LogP contribution in [0, 0.1) is 62.1 Å². The Bertz CT molecular complexity index is 583. The van der Waals surface area contributed by atoms with Gasteiger partial charge in [-0.25, -0.2) is 0 Å². The molecule has 1 saturated carbocycles. The summed E-state index contributed by atoms with van der Waals surface area (Å²) in [5.41, 5.74) is -1.86. The fourth-order valence-corrected chi connectivity index (χ4v) is 2.65. The van der Waals surface area contributed by atoms with Gasteiger partial charge in [-0.05, 0) is 18.4 Å². The number of rotatable bonds is 3. The van der Waals surface area contributed by atoms with Gasteiger partial charge < -0.3 is 0 Å². The van der Waals surface area contributed by atoms with Gasteiger partial charge in [-0.15, -0.1) is 0 Å². The second-order valence-corrected chi connectivity index (χ2v) is 4.64. The lowest BCUT2D eigenvalue weighted by Crippen LogP contribution is -2.05. The highest BCUT2D eigenvalue weighted by molar-refractivity contribution is 5.50. The van der Waals surface area contributed by atoms with Crippen LogP contribution in [0.25, 0.3) is 0 Å². The van der Waals surface area contributed by atoms with Crippen LogP contribution in [0.5, 0.6) is 0 Å². The van der Waals surface area contributed by atoms with E-state index in [2.05, 4.69) is 0 Å². The number of benzene rings is 1. The first kappa shape index (κ1) is 12.6. The van der Waals surface area contributed by atoms with Gasteiger partial charge in [0.2, 0.25) is 0 Å². The first-order valence-corrected chi connectivity index (χ1v) is 5.89. The van der Waals surface area contributed by atoms with Crippen LogP contribution >= 0.6 is 0 Å². The van der Waals surface area contributed by atoms with E-state index in [1.165, 1.54) is 0 Å².